The van der Waals surface area contributed by atoms with Crippen molar-refractivity contribution in [3.8, 4) is 0 Å². The fourth-order valence-corrected chi connectivity index (χ4v) is 2.38. The van der Waals surface area contributed by atoms with Crippen molar-refractivity contribution in [3.05, 3.63) is 0 Å². The van der Waals surface area contributed by atoms with Crippen LogP contribution in [0.2, 0.25) is 0 Å². The first-order valence-corrected chi connectivity index (χ1v) is 7.26. The molecule has 0 unspecified atom stereocenters. The topological polar surface area (TPSA) is 26.7 Å². The molecule has 1 fully saturated rings. The van der Waals surface area contributed by atoms with Gasteiger partial charge in [-0.25, -0.2) is 0 Å². The van der Waals surface area contributed by atoms with E-state index < -0.39 is 0 Å². The van der Waals surface area contributed by atoms with E-state index in [-0.39, 0.29) is 17.1 Å². The average Bonchev–Trinajstić information content (AvgIpc) is 2.24. The van der Waals surface area contributed by atoms with Crippen LogP contribution in [0.25, 0.3) is 0 Å². The number of hydrogen-bond acceptors (Lipinski definition) is 3. The first-order chi connectivity index (χ1) is 8.10. The molecule has 0 radical (unpaired) electrons. The fraction of sp³-hybridized carbons (Fsp3) is 1.00. The molecule has 18 heavy (non-hydrogen) atoms. The van der Waals surface area contributed by atoms with Gasteiger partial charge in [0.1, 0.15) is 0 Å². The zero-order valence-electron chi connectivity index (χ0n) is 13.2. The van der Waals surface area contributed by atoms with Gasteiger partial charge in [0.15, 0.2) is 0 Å². The smallest absolute Gasteiger partial charge is 0.0600 e. The van der Waals surface area contributed by atoms with Crippen LogP contribution in [-0.4, -0.2) is 59.3 Å². The summed E-state index contributed by atoms with van der Waals surface area (Å²) in [5, 5.41) is 10.1. The highest BCUT2D eigenvalue weighted by Gasteiger charge is 2.27. The van der Waals surface area contributed by atoms with E-state index in [9.17, 15) is 5.11 Å². The summed E-state index contributed by atoms with van der Waals surface area (Å²) in [6.45, 7) is 18.8. The molecule has 1 heterocycles. The standard InChI is InChI=1S/C15H32N2O/c1-14(2,3)13(18)7-8-16-9-11-17(12-10-16)15(4,5)6/h13,18H,7-12H2,1-6H3/t13-/m0/s1. The monoisotopic (exact) mass is 256 g/mol. The molecule has 1 aliphatic rings. The highest BCUT2D eigenvalue weighted by molar-refractivity contribution is 4.82. The molecule has 1 atom stereocenters. The minimum absolute atomic E-state index is 0.00717. The quantitative estimate of drug-likeness (QED) is 0.838. The molecule has 108 valence electrons. The molecule has 1 rings (SSSR count). The summed E-state index contributed by atoms with van der Waals surface area (Å²) in [4.78, 5) is 5.03. The molecule has 0 aromatic carbocycles. The van der Waals surface area contributed by atoms with Crippen LogP contribution in [0.4, 0.5) is 0 Å². The average molecular weight is 256 g/mol. The second kappa shape index (κ2) is 5.89. The Labute approximate surface area is 113 Å². The highest BCUT2D eigenvalue weighted by atomic mass is 16.3. The van der Waals surface area contributed by atoms with Gasteiger partial charge in [0, 0.05) is 38.3 Å². The van der Waals surface area contributed by atoms with Crippen LogP contribution in [0.1, 0.15) is 48.0 Å². The molecule has 1 N–H and O–H groups in total. The highest BCUT2D eigenvalue weighted by Crippen LogP contribution is 2.22. The Morgan fingerprint density at radius 3 is 1.83 bits per heavy atom. The zero-order valence-corrected chi connectivity index (χ0v) is 13.2. The molecular weight excluding hydrogens is 224 g/mol. The van der Waals surface area contributed by atoms with Crippen molar-refractivity contribution in [1.29, 1.82) is 0 Å². The van der Waals surface area contributed by atoms with E-state index in [2.05, 4.69) is 51.3 Å². The van der Waals surface area contributed by atoms with E-state index in [0.717, 1.165) is 39.1 Å². The lowest BCUT2D eigenvalue weighted by atomic mass is 9.87. The maximum absolute atomic E-state index is 10.1. The fourth-order valence-electron chi connectivity index (χ4n) is 2.38. The number of aliphatic hydroxyl groups excluding tert-OH is 1. The van der Waals surface area contributed by atoms with E-state index in [4.69, 9.17) is 0 Å². The number of rotatable bonds is 3. The Kier molecular flexibility index (Phi) is 5.22. The van der Waals surface area contributed by atoms with Crippen LogP contribution in [0.5, 0.6) is 0 Å². The van der Waals surface area contributed by atoms with Gasteiger partial charge in [-0.2, -0.15) is 0 Å². The van der Waals surface area contributed by atoms with Crippen LogP contribution in [0, 0.1) is 5.41 Å². The van der Waals surface area contributed by atoms with Crippen LogP contribution < -0.4 is 0 Å². The van der Waals surface area contributed by atoms with Crippen molar-refractivity contribution in [1.82, 2.24) is 9.80 Å². The van der Waals surface area contributed by atoms with Gasteiger partial charge in [-0.1, -0.05) is 20.8 Å². The number of hydrogen-bond donors (Lipinski definition) is 1. The lowest BCUT2D eigenvalue weighted by Gasteiger charge is -2.42. The summed E-state index contributed by atoms with van der Waals surface area (Å²) in [5.41, 5.74) is 0.296. The third-order valence-electron chi connectivity index (χ3n) is 4.04. The third kappa shape index (κ3) is 4.87. The van der Waals surface area contributed by atoms with Crippen LogP contribution >= 0.6 is 0 Å². The molecule has 0 aliphatic carbocycles. The molecule has 1 saturated heterocycles. The number of piperazine rings is 1. The van der Waals surface area contributed by atoms with E-state index in [1.165, 1.54) is 0 Å². The molecule has 0 aromatic heterocycles. The summed E-state index contributed by atoms with van der Waals surface area (Å²) < 4.78 is 0. The van der Waals surface area contributed by atoms with Crippen molar-refractivity contribution < 1.29 is 5.11 Å². The molecule has 0 amide bonds. The summed E-state index contributed by atoms with van der Waals surface area (Å²) in [6, 6.07) is 0. The zero-order chi connectivity index (χ0) is 14.0. The Bertz CT molecular complexity index is 244. The summed E-state index contributed by atoms with van der Waals surface area (Å²) in [5.74, 6) is 0. The van der Waals surface area contributed by atoms with Gasteiger partial charge in [0.05, 0.1) is 6.10 Å². The van der Waals surface area contributed by atoms with Gasteiger partial charge in [-0.3, -0.25) is 4.90 Å². The van der Waals surface area contributed by atoms with Crippen molar-refractivity contribution in [2.24, 2.45) is 5.41 Å². The van der Waals surface area contributed by atoms with Gasteiger partial charge in [0.2, 0.25) is 0 Å². The lowest BCUT2D eigenvalue weighted by molar-refractivity contribution is 0.0267. The lowest BCUT2D eigenvalue weighted by Crippen LogP contribution is -2.53. The van der Waals surface area contributed by atoms with Crippen LogP contribution in [0.3, 0.4) is 0 Å². The van der Waals surface area contributed by atoms with Crippen molar-refractivity contribution in [2.45, 2.75) is 59.6 Å². The van der Waals surface area contributed by atoms with Gasteiger partial charge in [0.25, 0.3) is 0 Å². The van der Waals surface area contributed by atoms with Crippen LogP contribution in [0.15, 0.2) is 0 Å². The molecule has 0 bridgehead atoms. The molecule has 0 saturated carbocycles. The normalized spacial score (nSPS) is 22.2. The van der Waals surface area contributed by atoms with Crippen molar-refractivity contribution >= 4 is 0 Å². The predicted octanol–water partition coefficient (Wildman–Crippen LogP) is 2.20. The SMILES string of the molecule is CC(C)(C)[C@@H](O)CCN1CCN(C(C)(C)C)CC1. The van der Waals surface area contributed by atoms with Gasteiger partial charge in [-0.05, 0) is 32.6 Å². The summed E-state index contributed by atoms with van der Waals surface area (Å²) in [7, 11) is 0. The second-order valence-electron chi connectivity index (χ2n) is 7.67. The van der Waals surface area contributed by atoms with Gasteiger partial charge >= 0.3 is 0 Å². The molecule has 3 heteroatoms. The maximum Gasteiger partial charge on any atom is 0.0600 e. The van der Waals surface area contributed by atoms with Gasteiger partial charge < -0.3 is 10.0 Å². The predicted molar refractivity (Wildman–Crippen MR) is 77.8 cm³/mol. The molecule has 0 spiro atoms. The number of nitrogens with zero attached hydrogens (tertiary/aromatic N) is 2. The molecule has 1 aliphatic heterocycles. The Morgan fingerprint density at radius 1 is 0.944 bits per heavy atom. The number of aliphatic hydroxyl groups is 1. The van der Waals surface area contributed by atoms with Gasteiger partial charge in [-0.15, -0.1) is 0 Å². The van der Waals surface area contributed by atoms with Crippen LogP contribution in [-0.2, 0) is 0 Å². The minimum Gasteiger partial charge on any atom is -0.393 e. The first kappa shape index (κ1) is 15.9. The summed E-state index contributed by atoms with van der Waals surface area (Å²) in [6.07, 6.45) is 0.692. The van der Waals surface area contributed by atoms with E-state index in [1.807, 2.05) is 0 Å². The summed E-state index contributed by atoms with van der Waals surface area (Å²) >= 11 is 0. The van der Waals surface area contributed by atoms with E-state index in [1.54, 1.807) is 0 Å². The Morgan fingerprint density at radius 2 is 1.44 bits per heavy atom. The molecule has 3 nitrogen and oxygen atoms in total. The first-order valence-electron chi connectivity index (χ1n) is 7.26. The van der Waals surface area contributed by atoms with Crippen molar-refractivity contribution in [2.75, 3.05) is 32.7 Å². The second-order valence-corrected chi connectivity index (χ2v) is 7.67. The molecule has 0 aromatic rings. The van der Waals surface area contributed by atoms with E-state index >= 15 is 0 Å². The van der Waals surface area contributed by atoms with E-state index in [0.29, 0.717) is 0 Å². The Balaban J connectivity index is 2.28. The maximum atomic E-state index is 10.1. The minimum atomic E-state index is -0.196. The molecular formula is C15H32N2O. The largest absolute Gasteiger partial charge is 0.393 e. The Hall–Kier alpha value is -0.120. The third-order valence-corrected chi connectivity index (χ3v) is 4.04. The van der Waals surface area contributed by atoms with Crippen molar-refractivity contribution in [3.63, 3.8) is 0 Å².